The molecule has 0 aliphatic carbocycles. The minimum Gasteiger partial charge on any atom is -0.469 e. The predicted molar refractivity (Wildman–Crippen MR) is 35.8 cm³/mol. The number of esters is 3. The van der Waals surface area contributed by atoms with Crippen molar-refractivity contribution in [3.63, 3.8) is 0 Å². The van der Waals surface area contributed by atoms with Gasteiger partial charge in [0.2, 0.25) is 0 Å². The summed E-state index contributed by atoms with van der Waals surface area (Å²) in [5.41, 5.74) is 0. The number of ether oxygens (including phenoxy) is 2. The smallest absolute Gasteiger partial charge is 0.317 e. The summed E-state index contributed by atoms with van der Waals surface area (Å²) >= 11 is 0. The van der Waals surface area contributed by atoms with Crippen LogP contribution in [0, 0.1) is 5.92 Å². The Morgan fingerprint density at radius 1 is 1.67 bits per heavy atom. The van der Waals surface area contributed by atoms with E-state index in [9.17, 15) is 14.4 Å². The van der Waals surface area contributed by atoms with E-state index in [1.807, 2.05) is 0 Å². The predicted octanol–water partition coefficient (Wildman–Crippen LogP) is -0.361. The van der Waals surface area contributed by atoms with Crippen molar-refractivity contribution in [2.45, 2.75) is 12.8 Å². The van der Waals surface area contributed by atoms with Gasteiger partial charge < -0.3 is 9.47 Å². The van der Waals surface area contributed by atoms with E-state index in [-0.39, 0.29) is 12.8 Å². The van der Waals surface area contributed by atoms with Crippen LogP contribution >= 0.6 is 0 Å². The highest BCUT2D eigenvalue weighted by atomic mass is 16.6. The van der Waals surface area contributed by atoms with E-state index >= 15 is 0 Å². The Bertz CT molecular complexity index is 232. The fourth-order valence-corrected chi connectivity index (χ4v) is 0.962. The van der Waals surface area contributed by atoms with Gasteiger partial charge in [0.1, 0.15) is 0 Å². The van der Waals surface area contributed by atoms with Gasteiger partial charge in [-0.1, -0.05) is 0 Å². The second-order valence-electron chi connectivity index (χ2n) is 2.47. The van der Waals surface area contributed by atoms with E-state index in [2.05, 4.69) is 9.47 Å². The maximum atomic E-state index is 10.8. The van der Waals surface area contributed by atoms with Gasteiger partial charge in [0.15, 0.2) is 0 Å². The summed E-state index contributed by atoms with van der Waals surface area (Å²) in [5, 5.41) is 0. The summed E-state index contributed by atoms with van der Waals surface area (Å²) in [7, 11) is 1.23. The molecule has 1 fully saturated rings. The molecule has 5 nitrogen and oxygen atoms in total. The molecule has 0 radical (unpaired) electrons. The summed E-state index contributed by atoms with van der Waals surface area (Å²) < 4.78 is 8.57. The molecule has 0 aromatic carbocycles. The van der Waals surface area contributed by atoms with Crippen molar-refractivity contribution >= 4 is 17.9 Å². The van der Waals surface area contributed by atoms with Gasteiger partial charge in [-0.25, -0.2) is 0 Å². The highest BCUT2D eigenvalue weighted by molar-refractivity contribution is 5.96. The van der Waals surface area contributed by atoms with Crippen molar-refractivity contribution in [1.82, 2.24) is 0 Å². The van der Waals surface area contributed by atoms with Crippen molar-refractivity contribution < 1.29 is 23.9 Å². The molecular formula is C7H8O5. The van der Waals surface area contributed by atoms with E-state index < -0.39 is 23.8 Å². The van der Waals surface area contributed by atoms with Crippen LogP contribution < -0.4 is 0 Å². The van der Waals surface area contributed by atoms with Crippen molar-refractivity contribution in [2.75, 3.05) is 7.11 Å². The number of carbonyl (C=O) groups excluding carboxylic acids is 3. The molecular weight excluding hydrogens is 164 g/mol. The van der Waals surface area contributed by atoms with Crippen molar-refractivity contribution in [2.24, 2.45) is 5.92 Å². The maximum Gasteiger partial charge on any atom is 0.317 e. The lowest BCUT2D eigenvalue weighted by Gasteiger charge is -2.00. The van der Waals surface area contributed by atoms with Gasteiger partial charge in [-0.05, 0) is 0 Å². The van der Waals surface area contributed by atoms with Crippen LogP contribution in [0.4, 0.5) is 0 Å². The lowest BCUT2D eigenvalue weighted by Crippen LogP contribution is -2.14. The molecule has 1 saturated heterocycles. The molecule has 0 bridgehead atoms. The number of carbonyl (C=O) groups is 3. The molecule has 0 saturated carbocycles. The molecule has 0 aromatic rings. The summed E-state index contributed by atoms with van der Waals surface area (Å²) in [6.45, 7) is 0. The first-order chi connectivity index (χ1) is 5.63. The van der Waals surface area contributed by atoms with E-state index in [1.165, 1.54) is 7.11 Å². The van der Waals surface area contributed by atoms with E-state index in [0.717, 1.165) is 0 Å². The Hall–Kier alpha value is -1.39. The maximum absolute atomic E-state index is 10.8. The lowest BCUT2D eigenvalue weighted by atomic mass is 10.0. The minimum absolute atomic E-state index is 0.0199. The topological polar surface area (TPSA) is 69.7 Å². The van der Waals surface area contributed by atoms with Crippen LogP contribution in [0.2, 0.25) is 0 Å². The molecule has 12 heavy (non-hydrogen) atoms. The quantitative estimate of drug-likeness (QED) is 0.420. The van der Waals surface area contributed by atoms with Gasteiger partial charge in [-0.3, -0.25) is 14.4 Å². The second-order valence-corrected chi connectivity index (χ2v) is 2.47. The molecule has 1 aliphatic rings. The molecule has 0 amide bonds. The number of hydrogen-bond acceptors (Lipinski definition) is 5. The van der Waals surface area contributed by atoms with E-state index in [4.69, 9.17) is 0 Å². The van der Waals surface area contributed by atoms with Gasteiger partial charge in [0.25, 0.3) is 0 Å². The van der Waals surface area contributed by atoms with Crippen LogP contribution in [-0.4, -0.2) is 25.0 Å². The summed E-state index contributed by atoms with van der Waals surface area (Å²) in [4.78, 5) is 32.0. The Morgan fingerprint density at radius 3 is 2.75 bits per heavy atom. The zero-order chi connectivity index (χ0) is 9.14. The fourth-order valence-electron chi connectivity index (χ4n) is 0.962. The van der Waals surface area contributed by atoms with Crippen molar-refractivity contribution in [1.29, 1.82) is 0 Å². The average Bonchev–Trinajstić information content (AvgIpc) is 2.30. The lowest BCUT2D eigenvalue weighted by molar-refractivity contribution is -0.155. The molecule has 66 valence electrons. The zero-order valence-electron chi connectivity index (χ0n) is 6.53. The number of methoxy groups -OCH3 is 1. The largest absolute Gasteiger partial charge is 0.469 e. The highest BCUT2D eigenvalue weighted by Gasteiger charge is 2.35. The Balaban J connectivity index is 2.48. The summed E-state index contributed by atoms with van der Waals surface area (Å²) in [6, 6.07) is 0. The molecule has 0 aromatic heterocycles. The van der Waals surface area contributed by atoms with Crippen LogP contribution in [0.15, 0.2) is 0 Å². The van der Waals surface area contributed by atoms with Gasteiger partial charge >= 0.3 is 17.9 Å². The number of rotatable bonds is 2. The third-order valence-electron chi connectivity index (χ3n) is 1.60. The summed E-state index contributed by atoms with van der Waals surface area (Å²) in [6.07, 6.45) is -0.102. The first-order valence-electron chi connectivity index (χ1n) is 3.45. The van der Waals surface area contributed by atoms with Gasteiger partial charge in [-0.2, -0.15) is 0 Å². The van der Waals surface area contributed by atoms with Crippen LogP contribution in [0.5, 0.6) is 0 Å². The van der Waals surface area contributed by atoms with Gasteiger partial charge in [0, 0.05) is 0 Å². The third kappa shape index (κ3) is 1.81. The van der Waals surface area contributed by atoms with E-state index in [0.29, 0.717) is 0 Å². The van der Waals surface area contributed by atoms with Crippen molar-refractivity contribution in [3.8, 4) is 0 Å². The molecule has 0 spiro atoms. The third-order valence-corrected chi connectivity index (χ3v) is 1.60. The van der Waals surface area contributed by atoms with E-state index in [1.54, 1.807) is 0 Å². The van der Waals surface area contributed by atoms with Gasteiger partial charge in [-0.15, -0.1) is 0 Å². The number of cyclic esters (lactones) is 2. The monoisotopic (exact) mass is 172 g/mol. The standard InChI is InChI=1S/C7H8O5/c1-11-5(8)2-4-3-6(9)12-7(4)10/h4H,2-3H2,1H3/t4-/m0/s1. The first-order valence-corrected chi connectivity index (χ1v) is 3.45. The highest BCUT2D eigenvalue weighted by Crippen LogP contribution is 2.19. The first kappa shape index (κ1) is 8.70. The molecule has 1 atom stereocenters. The number of hydrogen-bond donors (Lipinski definition) is 0. The zero-order valence-corrected chi connectivity index (χ0v) is 6.53. The second kappa shape index (κ2) is 3.34. The average molecular weight is 172 g/mol. The Kier molecular flexibility index (Phi) is 2.42. The van der Waals surface area contributed by atoms with Crippen LogP contribution in [-0.2, 0) is 23.9 Å². The van der Waals surface area contributed by atoms with Crippen LogP contribution in [0.1, 0.15) is 12.8 Å². The molecule has 0 N–H and O–H groups in total. The molecule has 1 heterocycles. The van der Waals surface area contributed by atoms with Crippen molar-refractivity contribution in [3.05, 3.63) is 0 Å². The van der Waals surface area contributed by atoms with Gasteiger partial charge in [0.05, 0.1) is 25.9 Å². The molecule has 5 heteroatoms. The molecule has 1 rings (SSSR count). The Morgan fingerprint density at radius 2 is 2.33 bits per heavy atom. The normalized spacial score (nSPS) is 22.2. The van der Waals surface area contributed by atoms with Crippen LogP contribution in [0.25, 0.3) is 0 Å². The summed E-state index contributed by atoms with van der Waals surface area (Å²) in [5.74, 6) is -2.36. The fraction of sp³-hybridized carbons (Fsp3) is 0.571. The molecule has 1 aliphatic heterocycles. The SMILES string of the molecule is COC(=O)C[C@H]1CC(=O)OC1=O. The minimum atomic E-state index is -0.648. The molecule has 0 unspecified atom stereocenters. The van der Waals surface area contributed by atoms with Crippen LogP contribution in [0.3, 0.4) is 0 Å². The Labute approximate surface area is 68.6 Å².